The van der Waals surface area contributed by atoms with E-state index in [0.29, 0.717) is 15.6 Å². The highest BCUT2D eigenvalue weighted by Crippen LogP contribution is 2.22. The summed E-state index contributed by atoms with van der Waals surface area (Å²) in [5.74, 6) is -0.0640. The first-order valence-corrected chi connectivity index (χ1v) is 5.39. The van der Waals surface area contributed by atoms with Crippen LogP contribution in [0.1, 0.15) is 16.1 Å². The molecule has 1 N–H and O–H groups in total. The van der Waals surface area contributed by atoms with Gasteiger partial charge in [-0.2, -0.15) is 5.10 Å². The van der Waals surface area contributed by atoms with Crippen molar-refractivity contribution in [2.24, 2.45) is 0 Å². The molecule has 0 aliphatic heterocycles. The minimum atomic E-state index is -0.0640. The van der Waals surface area contributed by atoms with E-state index in [2.05, 4.69) is 10.2 Å². The third kappa shape index (κ3) is 2.43. The van der Waals surface area contributed by atoms with Crippen molar-refractivity contribution in [1.82, 2.24) is 10.2 Å². The summed E-state index contributed by atoms with van der Waals surface area (Å²) >= 11 is 11.7. The number of ketones is 1. The van der Waals surface area contributed by atoms with Crippen LogP contribution in [0.15, 0.2) is 30.5 Å². The van der Waals surface area contributed by atoms with E-state index in [-0.39, 0.29) is 12.2 Å². The quantitative estimate of drug-likeness (QED) is 0.856. The zero-order valence-corrected chi connectivity index (χ0v) is 9.72. The number of rotatable bonds is 3. The maximum absolute atomic E-state index is 11.9. The lowest BCUT2D eigenvalue weighted by Crippen LogP contribution is -2.04. The first-order valence-electron chi connectivity index (χ1n) is 4.63. The Labute approximate surface area is 102 Å². The monoisotopic (exact) mass is 254 g/mol. The molecule has 0 bridgehead atoms. The fourth-order valence-corrected chi connectivity index (χ4v) is 1.88. The Kier molecular flexibility index (Phi) is 3.27. The molecule has 0 fully saturated rings. The van der Waals surface area contributed by atoms with Crippen molar-refractivity contribution in [2.75, 3.05) is 0 Å². The van der Waals surface area contributed by atoms with Gasteiger partial charge in [0.1, 0.15) is 0 Å². The topological polar surface area (TPSA) is 45.8 Å². The summed E-state index contributed by atoms with van der Waals surface area (Å²) in [6.07, 6.45) is 1.85. The summed E-state index contributed by atoms with van der Waals surface area (Å²) in [7, 11) is 0. The lowest BCUT2D eigenvalue weighted by atomic mass is 10.1. The number of hydrogen-bond donors (Lipinski definition) is 1. The van der Waals surface area contributed by atoms with Crippen molar-refractivity contribution in [3.8, 4) is 0 Å². The number of nitrogens with zero attached hydrogens (tertiary/aromatic N) is 1. The van der Waals surface area contributed by atoms with Gasteiger partial charge >= 0.3 is 0 Å². The molecular weight excluding hydrogens is 247 g/mol. The molecule has 16 heavy (non-hydrogen) atoms. The van der Waals surface area contributed by atoms with Gasteiger partial charge in [-0.3, -0.25) is 9.89 Å². The minimum absolute atomic E-state index is 0.0640. The standard InChI is InChI=1S/C11H8Cl2N2O/c12-7-1-2-9(10(13)5-7)11(16)6-8-3-4-14-15-8/h1-5H,6H2,(H,14,15). The smallest absolute Gasteiger partial charge is 0.170 e. The van der Waals surface area contributed by atoms with Gasteiger partial charge in [0.25, 0.3) is 0 Å². The fraction of sp³-hybridized carbons (Fsp3) is 0.0909. The number of H-pyrrole nitrogens is 1. The predicted molar refractivity (Wildman–Crippen MR) is 63.1 cm³/mol. The molecule has 0 amide bonds. The molecule has 0 unspecified atom stereocenters. The number of carbonyl (C=O) groups is 1. The highest BCUT2D eigenvalue weighted by Gasteiger charge is 2.11. The third-order valence-electron chi connectivity index (χ3n) is 2.14. The number of Topliss-reactive ketones (excluding diaryl/α,β-unsaturated/α-hetero) is 1. The Morgan fingerprint density at radius 1 is 1.31 bits per heavy atom. The zero-order valence-electron chi connectivity index (χ0n) is 8.21. The molecule has 2 rings (SSSR count). The fourth-order valence-electron chi connectivity index (χ4n) is 1.37. The highest BCUT2D eigenvalue weighted by atomic mass is 35.5. The molecule has 1 aromatic carbocycles. The largest absolute Gasteiger partial charge is 0.294 e. The van der Waals surface area contributed by atoms with Crippen LogP contribution in [0.3, 0.4) is 0 Å². The van der Waals surface area contributed by atoms with Crippen molar-refractivity contribution < 1.29 is 4.79 Å². The average Bonchev–Trinajstić information content (AvgIpc) is 2.70. The number of aromatic amines is 1. The van der Waals surface area contributed by atoms with Gasteiger partial charge in [-0.25, -0.2) is 0 Å². The molecule has 82 valence electrons. The summed E-state index contributed by atoms with van der Waals surface area (Å²) in [5, 5.41) is 7.39. The van der Waals surface area contributed by atoms with Crippen LogP contribution >= 0.6 is 23.2 Å². The zero-order chi connectivity index (χ0) is 11.5. The second-order valence-electron chi connectivity index (χ2n) is 3.31. The van der Waals surface area contributed by atoms with Crippen LogP contribution < -0.4 is 0 Å². The number of halogens is 2. The second kappa shape index (κ2) is 4.68. The van der Waals surface area contributed by atoms with E-state index in [1.54, 1.807) is 30.5 Å². The molecule has 0 spiro atoms. The number of benzene rings is 1. The normalized spacial score (nSPS) is 10.4. The molecule has 0 atom stereocenters. The summed E-state index contributed by atoms with van der Waals surface area (Å²) in [5.41, 5.74) is 1.23. The molecule has 3 nitrogen and oxygen atoms in total. The van der Waals surface area contributed by atoms with Crippen molar-refractivity contribution in [3.05, 3.63) is 51.8 Å². The molecule has 0 aliphatic rings. The van der Waals surface area contributed by atoms with E-state index < -0.39 is 0 Å². The van der Waals surface area contributed by atoms with E-state index in [0.717, 1.165) is 5.69 Å². The summed E-state index contributed by atoms with van der Waals surface area (Å²) in [4.78, 5) is 11.9. The van der Waals surface area contributed by atoms with E-state index in [9.17, 15) is 4.79 Å². The number of nitrogens with one attached hydrogen (secondary N) is 1. The lowest BCUT2D eigenvalue weighted by Gasteiger charge is -2.02. The van der Waals surface area contributed by atoms with Gasteiger partial charge in [0.2, 0.25) is 0 Å². The van der Waals surface area contributed by atoms with Crippen LogP contribution in [0.4, 0.5) is 0 Å². The van der Waals surface area contributed by atoms with Crippen LogP contribution in [0.25, 0.3) is 0 Å². The molecule has 0 saturated heterocycles. The van der Waals surface area contributed by atoms with Crippen LogP contribution in [-0.2, 0) is 6.42 Å². The Morgan fingerprint density at radius 2 is 2.12 bits per heavy atom. The summed E-state index contributed by atoms with van der Waals surface area (Å²) in [6.45, 7) is 0. The predicted octanol–water partition coefficient (Wildman–Crippen LogP) is 3.14. The summed E-state index contributed by atoms with van der Waals surface area (Å²) < 4.78 is 0. The molecule has 0 saturated carbocycles. The van der Waals surface area contributed by atoms with Gasteiger partial charge in [-0.1, -0.05) is 23.2 Å². The van der Waals surface area contributed by atoms with Gasteiger partial charge in [0.15, 0.2) is 5.78 Å². The molecule has 2 aromatic rings. The van der Waals surface area contributed by atoms with Crippen LogP contribution in [0.5, 0.6) is 0 Å². The maximum atomic E-state index is 11.9. The van der Waals surface area contributed by atoms with Gasteiger partial charge in [-0.15, -0.1) is 0 Å². The Balaban J connectivity index is 2.21. The lowest BCUT2D eigenvalue weighted by molar-refractivity contribution is 0.0992. The van der Waals surface area contributed by atoms with Crippen LogP contribution in [0, 0.1) is 0 Å². The van der Waals surface area contributed by atoms with Crippen LogP contribution in [0.2, 0.25) is 10.0 Å². The SMILES string of the molecule is O=C(Cc1ccn[nH]1)c1ccc(Cl)cc1Cl. The van der Waals surface area contributed by atoms with Gasteiger partial charge in [0.05, 0.1) is 11.4 Å². The van der Waals surface area contributed by atoms with Crippen LogP contribution in [-0.4, -0.2) is 16.0 Å². The second-order valence-corrected chi connectivity index (χ2v) is 4.15. The molecule has 0 radical (unpaired) electrons. The highest BCUT2D eigenvalue weighted by molar-refractivity contribution is 6.36. The molecule has 1 heterocycles. The molecule has 5 heteroatoms. The van der Waals surface area contributed by atoms with Crippen molar-refractivity contribution >= 4 is 29.0 Å². The Morgan fingerprint density at radius 3 is 2.75 bits per heavy atom. The van der Waals surface area contributed by atoms with Gasteiger partial charge in [0, 0.05) is 22.5 Å². The van der Waals surface area contributed by atoms with Gasteiger partial charge in [-0.05, 0) is 24.3 Å². The Bertz CT molecular complexity index is 509. The number of carbonyl (C=O) groups excluding carboxylic acids is 1. The third-order valence-corrected chi connectivity index (χ3v) is 2.69. The first-order chi connectivity index (χ1) is 7.66. The van der Waals surface area contributed by atoms with E-state index in [4.69, 9.17) is 23.2 Å². The van der Waals surface area contributed by atoms with Gasteiger partial charge < -0.3 is 0 Å². The first kappa shape index (κ1) is 11.2. The molecular formula is C11H8Cl2N2O. The van der Waals surface area contributed by atoms with E-state index >= 15 is 0 Å². The molecule has 0 aliphatic carbocycles. The maximum Gasteiger partial charge on any atom is 0.170 e. The van der Waals surface area contributed by atoms with E-state index in [1.165, 1.54) is 0 Å². The van der Waals surface area contributed by atoms with Crippen molar-refractivity contribution in [3.63, 3.8) is 0 Å². The number of hydrogen-bond acceptors (Lipinski definition) is 2. The van der Waals surface area contributed by atoms with Crippen molar-refractivity contribution in [1.29, 1.82) is 0 Å². The van der Waals surface area contributed by atoms with Crippen molar-refractivity contribution in [2.45, 2.75) is 6.42 Å². The minimum Gasteiger partial charge on any atom is -0.294 e. The average molecular weight is 255 g/mol. The molecule has 1 aromatic heterocycles. The van der Waals surface area contributed by atoms with E-state index in [1.807, 2.05) is 0 Å². The number of aromatic nitrogens is 2. The Hall–Kier alpha value is -1.32. The summed E-state index contributed by atoms with van der Waals surface area (Å²) in [6, 6.07) is 6.59.